The molecule has 0 aromatic heterocycles. The van der Waals surface area contributed by atoms with E-state index in [1.54, 1.807) is 0 Å². The number of carbonyl (C=O) groups is 4. The molecule has 0 spiro atoms. The number of hydrogen-bond donors (Lipinski definition) is 3. The van der Waals surface area contributed by atoms with E-state index in [2.05, 4.69) is 143 Å². The highest BCUT2D eigenvalue weighted by molar-refractivity contribution is 7.47. The van der Waals surface area contributed by atoms with Crippen LogP contribution in [0, 0.1) is 0 Å². The van der Waals surface area contributed by atoms with Crippen LogP contribution in [0.15, 0.2) is 134 Å². The number of ether oxygens (including phenoxy) is 4. The van der Waals surface area contributed by atoms with Crippen molar-refractivity contribution in [3.8, 4) is 0 Å². The third kappa shape index (κ3) is 73.5. The smallest absolute Gasteiger partial charge is 0.462 e. The van der Waals surface area contributed by atoms with Crippen LogP contribution in [0.4, 0.5) is 0 Å². The van der Waals surface area contributed by atoms with E-state index >= 15 is 0 Å². The normalized spacial score (nSPS) is 14.6. The lowest BCUT2D eigenvalue weighted by Crippen LogP contribution is -2.30. The van der Waals surface area contributed by atoms with Gasteiger partial charge >= 0.3 is 39.5 Å². The van der Waals surface area contributed by atoms with Gasteiger partial charge in [-0.1, -0.05) is 290 Å². The van der Waals surface area contributed by atoms with Crippen LogP contribution >= 0.6 is 15.6 Å². The fraction of sp³-hybridized carbons (Fsp3) is 0.687. The predicted molar refractivity (Wildman–Crippen MR) is 418 cm³/mol. The molecule has 0 rings (SSSR count). The van der Waals surface area contributed by atoms with E-state index in [4.69, 9.17) is 37.0 Å². The van der Waals surface area contributed by atoms with Crippen LogP contribution in [0.25, 0.3) is 0 Å². The van der Waals surface area contributed by atoms with Crippen molar-refractivity contribution in [3.05, 3.63) is 134 Å². The lowest BCUT2D eigenvalue weighted by Gasteiger charge is -2.21. The van der Waals surface area contributed by atoms with Gasteiger partial charge < -0.3 is 33.8 Å². The van der Waals surface area contributed by atoms with Gasteiger partial charge in [0.15, 0.2) is 12.2 Å². The van der Waals surface area contributed by atoms with E-state index in [0.29, 0.717) is 32.1 Å². The number of phosphoric ester groups is 2. The van der Waals surface area contributed by atoms with Gasteiger partial charge in [-0.3, -0.25) is 37.3 Å². The van der Waals surface area contributed by atoms with Crippen molar-refractivity contribution in [3.63, 3.8) is 0 Å². The number of esters is 4. The Labute approximate surface area is 618 Å². The fourth-order valence-corrected chi connectivity index (χ4v) is 11.8. The summed E-state index contributed by atoms with van der Waals surface area (Å²) in [5, 5.41) is 10.6. The molecular weight excluding hydrogens is 1330 g/mol. The van der Waals surface area contributed by atoms with Crippen LogP contribution in [0.2, 0.25) is 0 Å². The van der Waals surface area contributed by atoms with Crippen molar-refractivity contribution >= 4 is 39.5 Å². The number of aliphatic hydroxyl groups excluding tert-OH is 1. The zero-order valence-electron chi connectivity index (χ0n) is 63.7. The van der Waals surface area contributed by atoms with Gasteiger partial charge in [0.1, 0.15) is 19.3 Å². The summed E-state index contributed by atoms with van der Waals surface area (Å²) < 4.78 is 68.4. The highest BCUT2D eigenvalue weighted by atomic mass is 31.2. The first-order chi connectivity index (χ1) is 49.7. The Balaban J connectivity index is 5.45. The molecule has 0 bridgehead atoms. The number of allylic oxidation sites excluding steroid dienone is 22. The van der Waals surface area contributed by atoms with E-state index in [1.165, 1.54) is 89.9 Å². The molecule has 0 saturated carbocycles. The monoisotopic (exact) mass is 1470 g/mol. The summed E-state index contributed by atoms with van der Waals surface area (Å²) in [6.07, 6.45) is 83.1. The maximum absolute atomic E-state index is 13.1. The molecule has 0 aromatic carbocycles. The molecule has 3 N–H and O–H groups in total. The first-order valence-electron chi connectivity index (χ1n) is 39.4. The molecule has 0 aliphatic carbocycles. The fourth-order valence-electron chi connectivity index (χ4n) is 10.2. The van der Waals surface area contributed by atoms with Crippen LogP contribution in [-0.2, 0) is 65.4 Å². The van der Waals surface area contributed by atoms with Gasteiger partial charge in [-0.25, -0.2) is 9.13 Å². The van der Waals surface area contributed by atoms with E-state index in [0.717, 1.165) is 135 Å². The van der Waals surface area contributed by atoms with Gasteiger partial charge in [0, 0.05) is 25.7 Å². The van der Waals surface area contributed by atoms with Gasteiger partial charge in [0.05, 0.1) is 26.4 Å². The Morgan fingerprint density at radius 2 is 0.529 bits per heavy atom. The maximum Gasteiger partial charge on any atom is 0.472 e. The number of hydrogen-bond acceptors (Lipinski definition) is 15. The molecule has 19 heteroatoms. The van der Waals surface area contributed by atoms with Gasteiger partial charge in [-0.05, 0) is 128 Å². The Hall–Kier alpha value is -4.80. The van der Waals surface area contributed by atoms with E-state index in [-0.39, 0.29) is 25.7 Å². The van der Waals surface area contributed by atoms with Gasteiger partial charge in [-0.2, -0.15) is 0 Å². The quantitative estimate of drug-likeness (QED) is 0.0169. The molecule has 0 radical (unpaired) electrons. The van der Waals surface area contributed by atoms with E-state index < -0.39 is 97.5 Å². The Bertz CT molecular complexity index is 2460. The molecule has 0 aliphatic rings. The summed E-state index contributed by atoms with van der Waals surface area (Å²) in [7, 11) is -9.99. The predicted octanol–water partition coefficient (Wildman–Crippen LogP) is 22.9. The van der Waals surface area contributed by atoms with Crippen molar-refractivity contribution in [1.29, 1.82) is 0 Å². The van der Waals surface area contributed by atoms with Crippen LogP contribution in [0.3, 0.4) is 0 Å². The summed E-state index contributed by atoms with van der Waals surface area (Å²) in [4.78, 5) is 72.9. The molecule has 0 fully saturated rings. The molecule has 17 nitrogen and oxygen atoms in total. The van der Waals surface area contributed by atoms with Gasteiger partial charge in [0.2, 0.25) is 0 Å². The number of aliphatic hydroxyl groups is 1. The Morgan fingerprint density at radius 1 is 0.284 bits per heavy atom. The SMILES string of the molecule is CC/C=C\C/C=C\C/C=C\C/C=C\C/C=C\C/C=C\CCC(=O)OCC(COP(=O)(O)OCC(O)COP(=O)(O)OCC(COC(=O)CCCC/C=C\C/C=C\C/C=C\C/C=C\CC)OC(=O)CCCCCCCCCCCCCCC)OC(=O)CCCCCCC/C=C\CCCCCCCC. The number of unbranched alkanes of at least 4 members (excludes halogenated alkanes) is 25. The zero-order chi connectivity index (χ0) is 74.6. The lowest BCUT2D eigenvalue weighted by atomic mass is 10.0. The molecular formula is C83H140O17P2. The zero-order valence-corrected chi connectivity index (χ0v) is 65.5. The van der Waals surface area contributed by atoms with Crippen molar-refractivity contribution in [2.24, 2.45) is 0 Å². The second-order valence-corrected chi connectivity index (χ2v) is 28.8. The molecule has 5 unspecified atom stereocenters. The summed E-state index contributed by atoms with van der Waals surface area (Å²) in [5.74, 6) is -2.33. The molecule has 5 atom stereocenters. The number of phosphoric acid groups is 2. The largest absolute Gasteiger partial charge is 0.472 e. The Kier molecular flexibility index (Phi) is 71.0. The van der Waals surface area contributed by atoms with Crippen LogP contribution < -0.4 is 0 Å². The van der Waals surface area contributed by atoms with Crippen LogP contribution in [0.1, 0.15) is 310 Å². The summed E-state index contributed by atoms with van der Waals surface area (Å²) >= 11 is 0. The first-order valence-corrected chi connectivity index (χ1v) is 42.4. The molecule has 102 heavy (non-hydrogen) atoms. The first kappa shape index (κ1) is 97.2. The molecule has 0 amide bonds. The Morgan fingerprint density at radius 3 is 0.873 bits per heavy atom. The minimum Gasteiger partial charge on any atom is -0.462 e. The second kappa shape index (κ2) is 74.5. The minimum absolute atomic E-state index is 0.0317. The van der Waals surface area contributed by atoms with Gasteiger partial charge in [-0.15, -0.1) is 0 Å². The highest BCUT2D eigenvalue weighted by Crippen LogP contribution is 2.45. The highest BCUT2D eigenvalue weighted by Gasteiger charge is 2.30. The average Bonchev–Trinajstić information content (AvgIpc) is 0.924. The summed E-state index contributed by atoms with van der Waals surface area (Å²) in [6, 6.07) is 0. The molecule has 0 aromatic rings. The van der Waals surface area contributed by atoms with Crippen LogP contribution in [0.5, 0.6) is 0 Å². The van der Waals surface area contributed by atoms with E-state index in [9.17, 15) is 43.2 Å². The average molecular weight is 1470 g/mol. The number of carbonyl (C=O) groups excluding carboxylic acids is 4. The topological polar surface area (TPSA) is 237 Å². The molecule has 584 valence electrons. The second-order valence-electron chi connectivity index (χ2n) is 25.9. The third-order valence-corrected chi connectivity index (χ3v) is 18.0. The van der Waals surface area contributed by atoms with Crippen molar-refractivity contribution in [2.45, 2.75) is 329 Å². The standard InChI is InChI=1S/C83H140O17P2/c1-5-9-13-17-21-25-29-33-36-37-38-39-42-45-48-52-56-60-64-68-81(86)94-74-79(100-83(88)70-66-62-58-54-50-46-41-35-31-27-23-19-15-11-7-3)76-98-102(91,92)96-72-77(84)71-95-101(89,90)97-75-78(99-82(87)69-65-61-57-53-49-43-32-28-24-20-16-12-8-4)73-93-80(85)67-63-59-55-51-47-44-40-34-30-26-22-18-14-10-6-2/h9-10,13-14,21-22,25-26,33-36,38-41,45,47-48,51,56,60,77-79,84H,5-8,11-12,15-20,23-24,27-32,37,42-44,46,49-50,52-55,57-59,61-76H2,1-4H3,(H,89,90)(H,91,92)/b13-9-,14-10-,25-21-,26-22-,36-33-,39-38-,40-34-,41-35-,48-45-,51-47-,60-56-. The maximum atomic E-state index is 13.1. The third-order valence-electron chi connectivity index (χ3n) is 16.1. The molecule has 0 heterocycles. The van der Waals surface area contributed by atoms with Crippen molar-refractivity contribution < 1.29 is 80.2 Å². The molecule has 0 aliphatic heterocycles. The minimum atomic E-state index is -5.00. The van der Waals surface area contributed by atoms with Crippen molar-refractivity contribution in [1.82, 2.24) is 0 Å². The van der Waals surface area contributed by atoms with Crippen molar-refractivity contribution in [2.75, 3.05) is 39.6 Å². The molecule has 0 saturated heterocycles. The number of rotatable bonds is 73. The lowest BCUT2D eigenvalue weighted by molar-refractivity contribution is -0.161. The van der Waals surface area contributed by atoms with Gasteiger partial charge in [0.25, 0.3) is 0 Å². The van der Waals surface area contributed by atoms with E-state index in [1.807, 2.05) is 18.2 Å². The summed E-state index contributed by atoms with van der Waals surface area (Å²) in [5.41, 5.74) is 0. The summed E-state index contributed by atoms with van der Waals surface area (Å²) in [6.45, 7) is 4.51. The van der Waals surface area contributed by atoms with Crippen LogP contribution in [-0.4, -0.2) is 96.7 Å².